The third-order valence-electron chi connectivity index (χ3n) is 4.31. The number of rotatable bonds is 12. The van der Waals surface area contributed by atoms with Crippen LogP contribution in [0.2, 0.25) is 0 Å². The molecule has 4 N–H and O–H groups in total. The van der Waals surface area contributed by atoms with Gasteiger partial charge in [-0.05, 0) is 51.4 Å². The molecule has 22 heavy (non-hydrogen) atoms. The molecule has 0 spiro atoms. The maximum atomic E-state index is 10.0. The van der Waals surface area contributed by atoms with E-state index in [-0.39, 0.29) is 0 Å². The van der Waals surface area contributed by atoms with E-state index >= 15 is 0 Å². The van der Waals surface area contributed by atoms with E-state index in [0.29, 0.717) is 51.4 Å². The van der Waals surface area contributed by atoms with Crippen molar-refractivity contribution >= 4 is 0 Å². The smallest absolute Gasteiger partial charge is 0.0574 e. The monoisotopic (exact) mass is 316 g/mol. The van der Waals surface area contributed by atoms with Gasteiger partial charge in [0.15, 0.2) is 0 Å². The van der Waals surface area contributed by atoms with Crippen LogP contribution in [0.5, 0.6) is 0 Å². The average Bonchev–Trinajstić information content (AvgIpc) is 2.52. The standard InChI is InChI=1S/C18H36O4/c1-5-15(19)9-13(10-16(20)6-2)14(11-17(21)7-3)12-18(22)8-4/h15-22H,5-12H2,1-4H3. The Balaban J connectivity index is 5.37. The molecule has 0 amide bonds. The van der Waals surface area contributed by atoms with Gasteiger partial charge in [-0.3, -0.25) is 0 Å². The van der Waals surface area contributed by atoms with Crippen molar-refractivity contribution in [1.82, 2.24) is 0 Å². The highest BCUT2D eigenvalue weighted by atomic mass is 16.3. The lowest BCUT2D eigenvalue weighted by molar-refractivity contribution is 0.139. The summed E-state index contributed by atoms with van der Waals surface area (Å²) in [6, 6.07) is 0. The molecule has 0 aliphatic rings. The van der Waals surface area contributed by atoms with Gasteiger partial charge in [-0.2, -0.15) is 0 Å². The van der Waals surface area contributed by atoms with Crippen LogP contribution in [-0.2, 0) is 0 Å². The maximum absolute atomic E-state index is 10.0. The van der Waals surface area contributed by atoms with Crippen molar-refractivity contribution in [3.8, 4) is 0 Å². The van der Waals surface area contributed by atoms with Crippen LogP contribution in [0.25, 0.3) is 0 Å². The molecule has 4 unspecified atom stereocenters. The second-order valence-electron chi connectivity index (χ2n) is 6.27. The van der Waals surface area contributed by atoms with Crippen molar-refractivity contribution in [2.24, 2.45) is 0 Å². The van der Waals surface area contributed by atoms with E-state index < -0.39 is 24.4 Å². The Bertz CT molecular complexity index is 256. The molecule has 0 aromatic carbocycles. The maximum Gasteiger partial charge on any atom is 0.0574 e. The summed E-state index contributed by atoms with van der Waals surface area (Å²) in [5, 5.41) is 40.0. The Morgan fingerprint density at radius 2 is 0.682 bits per heavy atom. The molecule has 4 atom stereocenters. The summed E-state index contributed by atoms with van der Waals surface area (Å²) in [5.74, 6) is 0. The normalized spacial score (nSPS) is 16.9. The highest BCUT2D eigenvalue weighted by molar-refractivity contribution is 5.18. The third-order valence-corrected chi connectivity index (χ3v) is 4.31. The molecule has 4 heteroatoms. The van der Waals surface area contributed by atoms with Gasteiger partial charge in [0.25, 0.3) is 0 Å². The van der Waals surface area contributed by atoms with Crippen LogP contribution in [0.1, 0.15) is 79.1 Å². The van der Waals surface area contributed by atoms with Gasteiger partial charge in [-0.25, -0.2) is 0 Å². The van der Waals surface area contributed by atoms with Gasteiger partial charge in [0, 0.05) is 0 Å². The van der Waals surface area contributed by atoms with Crippen LogP contribution in [0.4, 0.5) is 0 Å². The highest BCUT2D eigenvalue weighted by Gasteiger charge is 2.18. The summed E-state index contributed by atoms with van der Waals surface area (Å²) in [4.78, 5) is 0. The molecule has 0 aromatic rings. The molecule has 0 rings (SSSR count). The molecule has 0 bridgehead atoms. The first-order chi connectivity index (χ1) is 10.4. The van der Waals surface area contributed by atoms with Gasteiger partial charge in [0.05, 0.1) is 24.4 Å². The lowest BCUT2D eigenvalue weighted by Crippen LogP contribution is -2.18. The highest BCUT2D eigenvalue weighted by Crippen LogP contribution is 2.27. The van der Waals surface area contributed by atoms with Crippen LogP contribution >= 0.6 is 0 Å². The van der Waals surface area contributed by atoms with Crippen molar-refractivity contribution in [2.45, 2.75) is 103 Å². The van der Waals surface area contributed by atoms with Crippen LogP contribution < -0.4 is 0 Å². The SMILES string of the molecule is CCC(O)CC(CC(O)CC)=C(CC(O)CC)CC(O)CC. The van der Waals surface area contributed by atoms with Gasteiger partial charge >= 0.3 is 0 Å². The lowest BCUT2D eigenvalue weighted by atomic mass is 9.88. The fourth-order valence-corrected chi connectivity index (χ4v) is 2.46. The first-order valence-corrected chi connectivity index (χ1v) is 8.79. The summed E-state index contributed by atoms with van der Waals surface area (Å²) in [6.45, 7) is 7.72. The zero-order valence-corrected chi connectivity index (χ0v) is 14.8. The Kier molecular flexibility index (Phi) is 11.8. The van der Waals surface area contributed by atoms with Crippen molar-refractivity contribution in [3.05, 3.63) is 11.1 Å². The van der Waals surface area contributed by atoms with Crippen molar-refractivity contribution in [2.75, 3.05) is 0 Å². The van der Waals surface area contributed by atoms with E-state index in [1.54, 1.807) is 0 Å². The molecule has 0 aliphatic heterocycles. The molecule has 0 aromatic heterocycles. The van der Waals surface area contributed by atoms with Crippen LogP contribution in [-0.4, -0.2) is 44.8 Å². The molecule has 0 heterocycles. The fourth-order valence-electron chi connectivity index (χ4n) is 2.46. The molecular weight excluding hydrogens is 280 g/mol. The summed E-state index contributed by atoms with van der Waals surface area (Å²) in [7, 11) is 0. The van der Waals surface area contributed by atoms with Crippen molar-refractivity contribution in [1.29, 1.82) is 0 Å². The number of aliphatic hydroxyl groups is 4. The minimum absolute atomic E-state index is 0.438. The second kappa shape index (κ2) is 12.1. The van der Waals surface area contributed by atoms with Crippen LogP contribution in [0, 0.1) is 0 Å². The number of hydrogen-bond donors (Lipinski definition) is 4. The predicted molar refractivity (Wildman–Crippen MR) is 90.7 cm³/mol. The van der Waals surface area contributed by atoms with Crippen LogP contribution in [0.15, 0.2) is 11.1 Å². The molecule has 0 fully saturated rings. The molecule has 4 nitrogen and oxygen atoms in total. The summed E-state index contributed by atoms with van der Waals surface area (Å²) in [6.07, 6.45) is 2.92. The lowest BCUT2D eigenvalue weighted by Gasteiger charge is -2.23. The Labute approximate surface area is 135 Å². The largest absolute Gasteiger partial charge is 0.393 e. The van der Waals surface area contributed by atoms with E-state index in [2.05, 4.69) is 0 Å². The van der Waals surface area contributed by atoms with E-state index in [1.807, 2.05) is 27.7 Å². The van der Waals surface area contributed by atoms with Gasteiger partial charge in [0.1, 0.15) is 0 Å². The Morgan fingerprint density at radius 1 is 0.500 bits per heavy atom. The quantitative estimate of drug-likeness (QED) is 0.417. The van der Waals surface area contributed by atoms with Crippen molar-refractivity contribution < 1.29 is 20.4 Å². The van der Waals surface area contributed by atoms with Gasteiger partial charge in [-0.1, -0.05) is 38.8 Å². The topological polar surface area (TPSA) is 80.9 Å². The zero-order chi connectivity index (χ0) is 17.1. The number of aliphatic hydroxyl groups excluding tert-OH is 4. The molecule has 132 valence electrons. The van der Waals surface area contributed by atoms with Gasteiger partial charge in [0.2, 0.25) is 0 Å². The minimum atomic E-state index is -0.438. The van der Waals surface area contributed by atoms with E-state index in [1.165, 1.54) is 0 Å². The minimum Gasteiger partial charge on any atom is -0.393 e. The summed E-state index contributed by atoms with van der Waals surface area (Å²) in [5.41, 5.74) is 2.01. The molecular formula is C18H36O4. The second-order valence-corrected chi connectivity index (χ2v) is 6.27. The third kappa shape index (κ3) is 8.89. The van der Waals surface area contributed by atoms with E-state index in [9.17, 15) is 20.4 Å². The zero-order valence-electron chi connectivity index (χ0n) is 14.8. The molecule has 0 saturated carbocycles. The molecule has 0 aliphatic carbocycles. The first-order valence-electron chi connectivity index (χ1n) is 8.79. The van der Waals surface area contributed by atoms with Gasteiger partial charge < -0.3 is 20.4 Å². The molecule has 0 saturated heterocycles. The van der Waals surface area contributed by atoms with E-state index in [4.69, 9.17) is 0 Å². The summed E-state index contributed by atoms with van der Waals surface area (Å²) >= 11 is 0. The first kappa shape index (κ1) is 21.6. The Hall–Kier alpha value is -0.420. The Morgan fingerprint density at radius 3 is 0.818 bits per heavy atom. The van der Waals surface area contributed by atoms with Crippen molar-refractivity contribution in [3.63, 3.8) is 0 Å². The molecule has 0 radical (unpaired) electrons. The fraction of sp³-hybridized carbons (Fsp3) is 0.889. The van der Waals surface area contributed by atoms with E-state index in [0.717, 1.165) is 11.1 Å². The van der Waals surface area contributed by atoms with Crippen LogP contribution in [0.3, 0.4) is 0 Å². The average molecular weight is 316 g/mol. The summed E-state index contributed by atoms with van der Waals surface area (Å²) < 4.78 is 0. The predicted octanol–water partition coefficient (Wildman–Crippen LogP) is 2.93. The number of hydrogen-bond acceptors (Lipinski definition) is 4. The van der Waals surface area contributed by atoms with Gasteiger partial charge in [-0.15, -0.1) is 0 Å².